The van der Waals surface area contributed by atoms with Crippen LogP contribution in [0.4, 0.5) is 0 Å². The fraction of sp³-hybridized carbons (Fsp3) is 0.647. The maximum atomic E-state index is 12.7. The molecule has 0 spiro atoms. The molecule has 1 heterocycles. The largest absolute Gasteiger partial charge is 0.481 e. The molecule has 0 saturated heterocycles. The van der Waals surface area contributed by atoms with Crippen LogP contribution in [0.2, 0.25) is 0 Å². The van der Waals surface area contributed by atoms with Crippen molar-refractivity contribution in [2.24, 2.45) is 5.92 Å². The molecule has 1 aromatic rings. The highest BCUT2D eigenvalue weighted by molar-refractivity contribution is 5.91. The summed E-state index contributed by atoms with van der Waals surface area (Å²) in [5, 5.41) is 19.4. The first kappa shape index (κ1) is 22.3. The number of aliphatic carboxylic acids is 1. The summed E-state index contributed by atoms with van der Waals surface area (Å²) in [4.78, 5) is 47.3. The van der Waals surface area contributed by atoms with Crippen LogP contribution in [0.3, 0.4) is 0 Å². The molecule has 0 aliphatic carbocycles. The normalized spacial score (nSPS) is 14.0. The lowest BCUT2D eigenvalue weighted by Crippen LogP contribution is -2.54. The van der Waals surface area contributed by atoms with Crippen molar-refractivity contribution >= 4 is 23.8 Å². The minimum atomic E-state index is -0.985. The molecule has 1 aromatic heterocycles. The number of esters is 1. The summed E-state index contributed by atoms with van der Waals surface area (Å²) in [6, 6.07) is -1.72. The Balaban J connectivity index is 2.76. The molecule has 27 heavy (non-hydrogen) atoms. The maximum Gasteiger partial charge on any atom is 0.328 e. The average molecular weight is 384 g/mol. The second kappa shape index (κ2) is 11.0. The minimum absolute atomic E-state index is 0.00734. The zero-order chi connectivity index (χ0) is 20.4. The van der Waals surface area contributed by atoms with Crippen LogP contribution in [-0.4, -0.2) is 58.3 Å². The molecule has 0 fully saturated rings. The van der Waals surface area contributed by atoms with Crippen LogP contribution in [0.15, 0.2) is 6.20 Å². The fourth-order valence-electron chi connectivity index (χ4n) is 2.43. The van der Waals surface area contributed by atoms with Gasteiger partial charge >= 0.3 is 11.9 Å². The molecule has 0 aliphatic rings. The summed E-state index contributed by atoms with van der Waals surface area (Å²) in [6.07, 6.45) is 2.56. The molecule has 0 radical (unpaired) electrons. The van der Waals surface area contributed by atoms with Gasteiger partial charge in [0.25, 0.3) is 0 Å². The van der Waals surface area contributed by atoms with Gasteiger partial charge < -0.3 is 30.7 Å². The maximum absolute atomic E-state index is 12.7. The second-order valence-electron chi connectivity index (χ2n) is 6.41. The molecule has 0 aliphatic heterocycles. The van der Waals surface area contributed by atoms with Gasteiger partial charge in [-0.1, -0.05) is 20.3 Å². The SMILES string of the molecule is CCC(C)C(NC(=O)C(Cc1c[nH][nH]1)NC(=O)CCCC(=O)O)C(=O)OC. The van der Waals surface area contributed by atoms with Gasteiger partial charge in [0.15, 0.2) is 0 Å². The standard InChI is InChI=1S/C17H28N4O6/c1-4-10(2)15(17(26)27-3)20-16(25)12(8-11-9-18-21-11)19-13(22)6-5-7-14(23)24/h9-10,12,15,18,21H,4-8H2,1-3H3,(H,19,22)(H,20,25)(H,23,24). The summed E-state index contributed by atoms with van der Waals surface area (Å²) in [5.41, 5.74) is 0.721. The van der Waals surface area contributed by atoms with Crippen molar-refractivity contribution in [3.05, 3.63) is 11.9 Å². The lowest BCUT2D eigenvalue weighted by Gasteiger charge is -2.25. The number of methoxy groups -OCH3 is 1. The molecule has 5 N–H and O–H groups in total. The van der Waals surface area contributed by atoms with Crippen LogP contribution in [-0.2, 0) is 30.3 Å². The molecule has 3 atom stereocenters. The quantitative estimate of drug-likeness (QED) is 0.327. The zero-order valence-corrected chi connectivity index (χ0v) is 15.8. The summed E-state index contributed by atoms with van der Waals surface area (Å²) in [6.45, 7) is 3.71. The van der Waals surface area contributed by atoms with Gasteiger partial charge in [0.05, 0.1) is 12.8 Å². The van der Waals surface area contributed by atoms with Gasteiger partial charge in [-0.2, -0.15) is 0 Å². The number of nitrogens with one attached hydrogen (secondary N) is 4. The van der Waals surface area contributed by atoms with E-state index in [2.05, 4.69) is 20.8 Å². The number of amides is 2. The van der Waals surface area contributed by atoms with Crippen molar-refractivity contribution in [1.82, 2.24) is 20.8 Å². The van der Waals surface area contributed by atoms with Crippen molar-refractivity contribution in [2.45, 2.75) is 58.0 Å². The van der Waals surface area contributed by atoms with Gasteiger partial charge in [-0.15, -0.1) is 0 Å². The van der Waals surface area contributed by atoms with E-state index >= 15 is 0 Å². The Bertz CT molecular complexity index is 629. The van der Waals surface area contributed by atoms with Gasteiger partial charge in [-0.25, -0.2) is 4.79 Å². The molecule has 1 rings (SSSR count). The number of aromatic amines is 2. The second-order valence-corrected chi connectivity index (χ2v) is 6.41. The number of ether oxygens (including phenoxy) is 1. The number of aromatic nitrogens is 2. The zero-order valence-electron chi connectivity index (χ0n) is 15.8. The molecule has 0 aromatic carbocycles. The summed E-state index contributed by atoms with van der Waals surface area (Å²) >= 11 is 0. The Morgan fingerprint density at radius 2 is 1.89 bits per heavy atom. The monoisotopic (exact) mass is 384 g/mol. The molecular formula is C17H28N4O6. The third-order valence-corrected chi connectivity index (χ3v) is 4.32. The van der Waals surface area contributed by atoms with Crippen LogP contribution >= 0.6 is 0 Å². The number of rotatable bonds is 12. The Kier molecular flexibility index (Phi) is 9.11. The van der Waals surface area contributed by atoms with Crippen LogP contribution < -0.4 is 10.6 Å². The molecule has 0 bridgehead atoms. The lowest BCUT2D eigenvalue weighted by atomic mass is 9.98. The van der Waals surface area contributed by atoms with Crippen molar-refractivity contribution in [2.75, 3.05) is 7.11 Å². The highest BCUT2D eigenvalue weighted by Gasteiger charge is 2.30. The van der Waals surface area contributed by atoms with Crippen molar-refractivity contribution < 1.29 is 29.0 Å². The van der Waals surface area contributed by atoms with Gasteiger partial charge in [-0.3, -0.25) is 14.4 Å². The smallest absolute Gasteiger partial charge is 0.328 e. The molecular weight excluding hydrogens is 356 g/mol. The molecule has 10 heteroatoms. The highest BCUT2D eigenvalue weighted by atomic mass is 16.5. The first-order valence-electron chi connectivity index (χ1n) is 8.88. The predicted molar refractivity (Wildman–Crippen MR) is 95.7 cm³/mol. The van der Waals surface area contributed by atoms with Crippen LogP contribution in [0.1, 0.15) is 45.2 Å². The number of carbonyl (C=O) groups excluding carboxylic acids is 3. The fourth-order valence-corrected chi connectivity index (χ4v) is 2.43. The van der Waals surface area contributed by atoms with E-state index < -0.39 is 35.8 Å². The molecule has 2 amide bonds. The average Bonchev–Trinajstić information content (AvgIpc) is 2.59. The van der Waals surface area contributed by atoms with Gasteiger partial charge in [-0.05, 0) is 12.3 Å². The van der Waals surface area contributed by atoms with E-state index in [1.165, 1.54) is 7.11 Å². The lowest BCUT2D eigenvalue weighted by molar-refractivity contribution is -0.147. The third kappa shape index (κ3) is 7.55. The van der Waals surface area contributed by atoms with E-state index in [0.29, 0.717) is 6.42 Å². The molecule has 10 nitrogen and oxygen atoms in total. The van der Waals surface area contributed by atoms with E-state index in [9.17, 15) is 19.2 Å². The number of carboxylic acids is 1. The van der Waals surface area contributed by atoms with Crippen LogP contribution in [0, 0.1) is 5.92 Å². The van der Waals surface area contributed by atoms with Gasteiger partial charge in [0.1, 0.15) is 12.1 Å². The van der Waals surface area contributed by atoms with Crippen LogP contribution in [0.5, 0.6) is 0 Å². The Morgan fingerprint density at radius 1 is 1.22 bits per heavy atom. The van der Waals surface area contributed by atoms with Crippen molar-refractivity contribution in [3.63, 3.8) is 0 Å². The first-order valence-corrected chi connectivity index (χ1v) is 8.88. The van der Waals surface area contributed by atoms with Crippen LogP contribution in [0.25, 0.3) is 0 Å². The molecule has 152 valence electrons. The Morgan fingerprint density at radius 3 is 2.37 bits per heavy atom. The number of carboxylic acid groups (broad SMARTS) is 1. The number of hydrogen-bond acceptors (Lipinski definition) is 5. The van der Waals surface area contributed by atoms with E-state index in [1.807, 2.05) is 13.8 Å². The summed E-state index contributed by atoms with van der Waals surface area (Å²) in [5.74, 6) is -2.61. The highest BCUT2D eigenvalue weighted by Crippen LogP contribution is 2.10. The predicted octanol–water partition coefficient (Wildman–Crippen LogP) is 0.329. The number of hydrogen-bond donors (Lipinski definition) is 5. The van der Waals surface area contributed by atoms with E-state index in [-0.39, 0.29) is 31.6 Å². The van der Waals surface area contributed by atoms with Gasteiger partial charge in [0.2, 0.25) is 11.8 Å². The molecule has 0 saturated carbocycles. The summed E-state index contributed by atoms with van der Waals surface area (Å²) < 4.78 is 4.76. The van der Waals surface area contributed by atoms with Gasteiger partial charge in [0, 0.05) is 25.5 Å². The van der Waals surface area contributed by atoms with E-state index in [4.69, 9.17) is 9.84 Å². The third-order valence-electron chi connectivity index (χ3n) is 4.32. The van der Waals surface area contributed by atoms with E-state index in [0.717, 1.165) is 5.69 Å². The Hall–Kier alpha value is -2.78. The van der Waals surface area contributed by atoms with E-state index in [1.54, 1.807) is 6.20 Å². The Labute approximate surface area is 157 Å². The number of carbonyl (C=O) groups is 4. The minimum Gasteiger partial charge on any atom is -0.481 e. The van der Waals surface area contributed by atoms with Crippen molar-refractivity contribution in [3.8, 4) is 0 Å². The first-order chi connectivity index (χ1) is 12.8. The number of H-pyrrole nitrogens is 2. The molecule has 3 unspecified atom stereocenters. The topological polar surface area (TPSA) is 153 Å². The summed E-state index contributed by atoms with van der Waals surface area (Å²) in [7, 11) is 1.25. The van der Waals surface area contributed by atoms with Crippen molar-refractivity contribution in [1.29, 1.82) is 0 Å².